The maximum Gasteiger partial charge on any atom is 0.255 e. The Labute approximate surface area is 182 Å². The summed E-state index contributed by atoms with van der Waals surface area (Å²) in [7, 11) is 6.18. The van der Waals surface area contributed by atoms with Crippen LogP contribution in [0.5, 0.6) is 0 Å². The zero-order valence-electron chi connectivity index (χ0n) is 17.8. The van der Waals surface area contributed by atoms with Crippen LogP contribution in [0.15, 0.2) is 48.9 Å². The van der Waals surface area contributed by atoms with Crippen molar-refractivity contribution >= 4 is 36.5 Å². The maximum atomic E-state index is 12.5. The Hall–Kier alpha value is -3.68. The lowest BCUT2D eigenvalue weighted by molar-refractivity contribution is -0.117. The molecule has 0 aliphatic carbocycles. The largest absolute Gasteiger partial charge is 0.368 e. The first kappa shape index (κ1) is 22.0. The Morgan fingerprint density at radius 1 is 1.13 bits per heavy atom. The van der Waals surface area contributed by atoms with Crippen molar-refractivity contribution in [1.82, 2.24) is 15.3 Å². The molecule has 2 heterocycles. The number of primary amides is 1. The van der Waals surface area contributed by atoms with Crippen LogP contribution in [-0.4, -0.2) is 36.2 Å². The minimum absolute atomic E-state index is 0.188. The van der Waals surface area contributed by atoms with Crippen molar-refractivity contribution < 1.29 is 9.59 Å². The van der Waals surface area contributed by atoms with Crippen LogP contribution in [0, 0.1) is 6.92 Å². The number of amides is 2. The molecule has 0 spiro atoms. The molecule has 2 aromatic heterocycles. The van der Waals surface area contributed by atoms with E-state index in [2.05, 4.69) is 34.4 Å². The van der Waals surface area contributed by atoms with Gasteiger partial charge in [0.25, 0.3) is 5.91 Å². The maximum absolute atomic E-state index is 12.5. The van der Waals surface area contributed by atoms with Crippen LogP contribution in [0.25, 0.3) is 11.3 Å². The molecule has 1 aromatic carbocycles. The van der Waals surface area contributed by atoms with E-state index >= 15 is 0 Å². The fourth-order valence-electron chi connectivity index (χ4n) is 3.17. The van der Waals surface area contributed by atoms with E-state index in [1.165, 1.54) is 6.20 Å². The summed E-state index contributed by atoms with van der Waals surface area (Å²) in [5.41, 5.74) is 11.0. The number of hydrogen-bond acceptors (Lipinski definition) is 5. The Bertz CT molecular complexity index is 1130. The van der Waals surface area contributed by atoms with E-state index in [9.17, 15) is 9.59 Å². The summed E-state index contributed by atoms with van der Waals surface area (Å²) in [6.07, 6.45) is 4.84. The topological polar surface area (TPSA) is 110 Å². The summed E-state index contributed by atoms with van der Waals surface area (Å²) in [5.74, 6) is -0.881. The van der Waals surface area contributed by atoms with Crippen molar-refractivity contribution in [2.75, 3.05) is 11.9 Å². The summed E-state index contributed by atoms with van der Waals surface area (Å²) >= 11 is 0. The summed E-state index contributed by atoms with van der Waals surface area (Å²) < 4.78 is 0. The second-order valence-electron chi connectivity index (χ2n) is 7.60. The van der Waals surface area contributed by atoms with E-state index in [4.69, 9.17) is 13.6 Å². The fourth-order valence-corrected chi connectivity index (χ4v) is 3.17. The first-order chi connectivity index (χ1) is 14.8. The van der Waals surface area contributed by atoms with Crippen LogP contribution in [0.4, 0.5) is 11.4 Å². The third kappa shape index (κ3) is 5.28. The first-order valence-corrected chi connectivity index (χ1v) is 9.90. The minimum Gasteiger partial charge on any atom is -0.368 e. The second-order valence-corrected chi connectivity index (χ2v) is 7.60. The van der Waals surface area contributed by atoms with Gasteiger partial charge in [0.2, 0.25) is 5.91 Å². The Balaban J connectivity index is 2.02. The molecule has 0 atom stereocenters. The van der Waals surface area contributed by atoms with Gasteiger partial charge in [-0.25, -0.2) is 0 Å². The van der Waals surface area contributed by atoms with Gasteiger partial charge in [0, 0.05) is 24.3 Å². The monoisotopic (exact) mass is 413 g/mol. The van der Waals surface area contributed by atoms with Gasteiger partial charge in [0.05, 0.1) is 23.5 Å². The zero-order chi connectivity index (χ0) is 22.5. The summed E-state index contributed by atoms with van der Waals surface area (Å²) in [5, 5.41) is 5.83. The summed E-state index contributed by atoms with van der Waals surface area (Å²) in [6, 6.07) is 9.43. The number of pyridine rings is 2. The normalized spacial score (nSPS) is 10.7. The number of aromatic nitrogens is 2. The molecule has 4 N–H and O–H groups in total. The van der Waals surface area contributed by atoms with Crippen molar-refractivity contribution in [3.8, 4) is 11.3 Å². The third-order valence-electron chi connectivity index (χ3n) is 4.80. The highest BCUT2D eigenvalue weighted by molar-refractivity contribution is 6.35. The van der Waals surface area contributed by atoms with Crippen LogP contribution < -0.4 is 21.8 Å². The Morgan fingerprint density at radius 2 is 1.90 bits per heavy atom. The van der Waals surface area contributed by atoms with Gasteiger partial charge >= 0.3 is 0 Å². The Kier molecular flexibility index (Phi) is 6.69. The number of nitrogens with zero attached hydrogens (tertiary/aromatic N) is 2. The fraction of sp³-hybridized carbons (Fsp3) is 0.217. The molecule has 0 saturated heterocycles. The molecule has 0 aliphatic heterocycles. The average Bonchev–Trinajstić information content (AvgIpc) is 2.74. The SMILES string of the molecule is [B]c1ccc(C)cc1-c1cc(Nc2ccncc2C(=O)NCC(N)=O)c(C(C)C)cn1. The minimum atomic E-state index is -0.622. The van der Waals surface area contributed by atoms with Gasteiger partial charge in [-0.3, -0.25) is 19.6 Å². The van der Waals surface area contributed by atoms with Gasteiger partial charge in [-0.1, -0.05) is 43.1 Å². The van der Waals surface area contributed by atoms with Crippen LogP contribution >= 0.6 is 0 Å². The number of benzene rings is 1. The number of nitrogens with two attached hydrogens (primary N) is 1. The number of carbonyl (C=O) groups is 2. The molecule has 0 unspecified atom stereocenters. The molecular formula is C23H24BN5O2. The zero-order valence-corrected chi connectivity index (χ0v) is 17.8. The van der Waals surface area contributed by atoms with Crippen LogP contribution in [-0.2, 0) is 4.79 Å². The number of carbonyl (C=O) groups excluding carboxylic acids is 2. The molecule has 3 rings (SSSR count). The molecule has 0 fully saturated rings. The average molecular weight is 413 g/mol. The lowest BCUT2D eigenvalue weighted by Crippen LogP contribution is -2.33. The standard InChI is InChI=1S/C23H24BN5O2/c1-13(2)16-11-27-20(15-8-14(3)4-5-18(15)24)9-21(16)29-19-6-7-26-10-17(19)23(31)28-12-22(25)30/h4-11,13H,12H2,1-3H3,(H2,25,30)(H,28,31)(H,26,27,29). The smallest absolute Gasteiger partial charge is 0.255 e. The van der Waals surface area contributed by atoms with Crippen molar-refractivity contribution in [2.45, 2.75) is 26.7 Å². The molecule has 0 bridgehead atoms. The molecule has 0 aliphatic rings. The molecule has 156 valence electrons. The van der Waals surface area contributed by atoms with Gasteiger partial charge < -0.3 is 16.4 Å². The van der Waals surface area contributed by atoms with E-state index < -0.39 is 11.8 Å². The van der Waals surface area contributed by atoms with Crippen molar-refractivity contribution in [2.24, 2.45) is 5.73 Å². The number of hydrogen-bond donors (Lipinski definition) is 3. The quantitative estimate of drug-likeness (QED) is 0.515. The summed E-state index contributed by atoms with van der Waals surface area (Å²) in [4.78, 5) is 32.2. The predicted octanol–water partition coefficient (Wildman–Crippen LogP) is 2.33. The molecule has 2 amide bonds. The highest BCUT2D eigenvalue weighted by atomic mass is 16.2. The summed E-state index contributed by atoms with van der Waals surface area (Å²) in [6.45, 7) is 5.88. The van der Waals surface area contributed by atoms with E-state index in [-0.39, 0.29) is 12.5 Å². The van der Waals surface area contributed by atoms with Crippen LogP contribution in [0.1, 0.15) is 41.3 Å². The van der Waals surface area contributed by atoms with Crippen molar-refractivity contribution in [3.63, 3.8) is 0 Å². The molecule has 0 saturated carbocycles. The number of anilines is 2. The molecule has 31 heavy (non-hydrogen) atoms. The first-order valence-electron chi connectivity index (χ1n) is 9.90. The van der Waals surface area contributed by atoms with Gasteiger partial charge in [-0.2, -0.15) is 0 Å². The van der Waals surface area contributed by atoms with Gasteiger partial charge in [-0.15, -0.1) is 0 Å². The van der Waals surface area contributed by atoms with Crippen molar-refractivity contribution in [3.05, 3.63) is 65.6 Å². The second kappa shape index (κ2) is 9.42. The Morgan fingerprint density at radius 3 is 2.61 bits per heavy atom. The highest BCUT2D eigenvalue weighted by Crippen LogP contribution is 2.31. The lowest BCUT2D eigenvalue weighted by Gasteiger charge is -2.18. The van der Waals surface area contributed by atoms with Crippen LogP contribution in [0.3, 0.4) is 0 Å². The number of aryl methyl sites for hydroxylation is 1. The van der Waals surface area contributed by atoms with E-state index in [0.29, 0.717) is 16.7 Å². The highest BCUT2D eigenvalue weighted by Gasteiger charge is 2.16. The molecule has 7 nitrogen and oxygen atoms in total. The third-order valence-corrected chi connectivity index (χ3v) is 4.80. The molecular weight excluding hydrogens is 389 g/mol. The molecule has 3 aromatic rings. The predicted molar refractivity (Wildman–Crippen MR) is 123 cm³/mol. The van der Waals surface area contributed by atoms with E-state index in [1.54, 1.807) is 12.3 Å². The van der Waals surface area contributed by atoms with E-state index in [0.717, 1.165) is 28.1 Å². The lowest BCUT2D eigenvalue weighted by atomic mass is 9.87. The number of rotatable bonds is 7. The van der Waals surface area contributed by atoms with Gasteiger partial charge in [0.1, 0.15) is 7.85 Å². The number of nitrogens with one attached hydrogen (secondary N) is 2. The van der Waals surface area contributed by atoms with Crippen LogP contribution in [0.2, 0.25) is 0 Å². The van der Waals surface area contributed by atoms with Gasteiger partial charge in [-0.05, 0) is 36.1 Å². The van der Waals surface area contributed by atoms with Crippen molar-refractivity contribution in [1.29, 1.82) is 0 Å². The molecule has 2 radical (unpaired) electrons. The van der Waals surface area contributed by atoms with E-state index in [1.807, 2.05) is 37.4 Å². The molecule has 8 heteroatoms. The van der Waals surface area contributed by atoms with Gasteiger partial charge in [0.15, 0.2) is 0 Å².